The number of rotatable bonds is 1. The monoisotopic (exact) mass is 248 g/mol. The lowest BCUT2D eigenvalue weighted by Crippen LogP contribution is -2.27. The molecule has 1 heterocycles. The molecule has 1 aromatic carbocycles. The van der Waals surface area contributed by atoms with E-state index in [1.807, 2.05) is 18.2 Å². The number of nitrogens with zero attached hydrogens (tertiary/aromatic N) is 2. The van der Waals surface area contributed by atoms with Crippen LogP contribution in [0.15, 0.2) is 24.3 Å². The van der Waals surface area contributed by atoms with Crippen LogP contribution in [0.25, 0.3) is 10.9 Å². The number of fused-ring (bicyclic) bond motifs is 1. The van der Waals surface area contributed by atoms with Gasteiger partial charge >= 0.3 is 6.09 Å². The third-order valence-corrected chi connectivity index (χ3v) is 2.38. The van der Waals surface area contributed by atoms with Crippen LogP contribution in [0.5, 0.6) is 0 Å². The largest absolute Gasteiger partial charge is 0.442 e. The first-order valence-corrected chi connectivity index (χ1v) is 5.73. The van der Waals surface area contributed by atoms with E-state index >= 15 is 0 Å². The Morgan fingerprint density at radius 1 is 1.39 bits per heavy atom. The van der Waals surface area contributed by atoms with Gasteiger partial charge in [0.25, 0.3) is 0 Å². The molecule has 5 heteroatoms. The summed E-state index contributed by atoms with van der Waals surface area (Å²) in [4.78, 5) is 12.0. The normalized spacial score (nSPS) is 11.8. The maximum absolute atomic E-state index is 12.0. The lowest BCUT2D eigenvalue weighted by atomic mass is 10.2. The molecule has 1 N–H and O–H groups in total. The van der Waals surface area contributed by atoms with Gasteiger partial charge < -0.3 is 9.84 Å². The van der Waals surface area contributed by atoms with Crippen molar-refractivity contribution in [1.82, 2.24) is 9.78 Å². The van der Waals surface area contributed by atoms with Gasteiger partial charge in [-0.15, -0.1) is 0 Å². The van der Waals surface area contributed by atoms with Gasteiger partial charge in [0, 0.05) is 5.39 Å². The highest BCUT2D eigenvalue weighted by Crippen LogP contribution is 2.19. The summed E-state index contributed by atoms with van der Waals surface area (Å²) in [5.41, 5.74) is 0.524. The van der Waals surface area contributed by atoms with E-state index in [2.05, 4.69) is 5.10 Å². The molecule has 5 nitrogen and oxygen atoms in total. The summed E-state index contributed by atoms with van der Waals surface area (Å²) in [5.74, 6) is 0. The predicted molar refractivity (Wildman–Crippen MR) is 67.3 cm³/mol. The van der Waals surface area contributed by atoms with Crippen molar-refractivity contribution in [2.45, 2.75) is 33.0 Å². The Bertz CT molecular complexity index is 581. The van der Waals surface area contributed by atoms with Gasteiger partial charge in [-0.1, -0.05) is 18.2 Å². The Hall–Kier alpha value is -1.88. The summed E-state index contributed by atoms with van der Waals surface area (Å²) in [7, 11) is 0. The molecule has 0 radical (unpaired) electrons. The van der Waals surface area contributed by atoms with Crippen molar-refractivity contribution in [3.8, 4) is 0 Å². The average molecular weight is 248 g/mol. The molecule has 0 aliphatic carbocycles. The highest BCUT2D eigenvalue weighted by atomic mass is 16.6. The van der Waals surface area contributed by atoms with Gasteiger partial charge in [0.15, 0.2) is 0 Å². The maximum atomic E-state index is 12.0. The first-order chi connectivity index (χ1) is 8.42. The minimum Gasteiger partial charge on any atom is -0.442 e. The molecule has 0 bridgehead atoms. The Balaban J connectivity index is 2.48. The Morgan fingerprint density at radius 3 is 2.67 bits per heavy atom. The average Bonchev–Trinajstić information content (AvgIpc) is 2.65. The molecule has 0 unspecified atom stereocenters. The predicted octanol–water partition coefficient (Wildman–Crippen LogP) is 2.31. The first-order valence-electron chi connectivity index (χ1n) is 5.73. The summed E-state index contributed by atoms with van der Waals surface area (Å²) < 4.78 is 6.46. The summed E-state index contributed by atoms with van der Waals surface area (Å²) in [6.07, 6.45) is -0.543. The Labute approximate surface area is 105 Å². The molecule has 0 spiro atoms. The molecule has 0 saturated heterocycles. The lowest BCUT2D eigenvalue weighted by molar-refractivity contribution is 0.0521. The molecule has 0 atom stereocenters. The van der Waals surface area contributed by atoms with Crippen molar-refractivity contribution in [2.75, 3.05) is 0 Å². The molecule has 18 heavy (non-hydrogen) atoms. The van der Waals surface area contributed by atoms with Gasteiger partial charge in [-0.3, -0.25) is 0 Å². The van der Waals surface area contributed by atoms with Crippen molar-refractivity contribution in [3.05, 3.63) is 30.0 Å². The summed E-state index contributed by atoms with van der Waals surface area (Å²) in [5, 5.41) is 14.1. The van der Waals surface area contributed by atoms with Crippen LogP contribution in [0.4, 0.5) is 4.79 Å². The summed E-state index contributed by atoms with van der Waals surface area (Å²) in [6.45, 7) is 5.17. The van der Waals surface area contributed by atoms with E-state index in [0.717, 1.165) is 5.39 Å². The molecule has 1 aromatic heterocycles. The Kier molecular flexibility index (Phi) is 3.09. The zero-order valence-electron chi connectivity index (χ0n) is 10.7. The van der Waals surface area contributed by atoms with E-state index in [-0.39, 0.29) is 6.61 Å². The number of para-hydroxylation sites is 1. The standard InChI is InChI=1S/C13H16N2O3/c1-13(2,3)18-12(17)15-11-7-5-4-6-9(11)10(8-16)14-15/h4-7,16H,8H2,1-3H3. The minimum atomic E-state index is -0.580. The molecule has 0 amide bonds. The number of benzene rings is 1. The van der Waals surface area contributed by atoms with Crippen molar-refractivity contribution < 1.29 is 14.6 Å². The van der Waals surface area contributed by atoms with Crippen molar-refractivity contribution in [2.24, 2.45) is 0 Å². The van der Waals surface area contributed by atoms with Gasteiger partial charge in [-0.25, -0.2) is 4.79 Å². The molecule has 0 aliphatic heterocycles. The number of carbonyl (C=O) groups is 1. The number of aromatic nitrogens is 2. The quantitative estimate of drug-likeness (QED) is 0.841. The van der Waals surface area contributed by atoms with Crippen molar-refractivity contribution in [3.63, 3.8) is 0 Å². The molecular weight excluding hydrogens is 232 g/mol. The van der Waals surface area contributed by atoms with Gasteiger partial charge in [0.2, 0.25) is 0 Å². The topological polar surface area (TPSA) is 64.4 Å². The molecular formula is C13H16N2O3. The first kappa shape index (κ1) is 12.6. The van der Waals surface area contributed by atoms with Crippen LogP contribution in [-0.4, -0.2) is 26.6 Å². The van der Waals surface area contributed by atoms with Crippen LogP contribution < -0.4 is 0 Å². The zero-order valence-corrected chi connectivity index (χ0v) is 10.7. The van der Waals surface area contributed by atoms with Crippen LogP contribution in [0, 0.1) is 0 Å². The zero-order chi connectivity index (χ0) is 13.3. The van der Waals surface area contributed by atoms with Crippen molar-refractivity contribution >= 4 is 17.0 Å². The van der Waals surface area contributed by atoms with Gasteiger partial charge in [-0.2, -0.15) is 9.78 Å². The fraction of sp³-hybridized carbons (Fsp3) is 0.385. The summed E-state index contributed by atoms with van der Waals surface area (Å²) >= 11 is 0. The van der Waals surface area contributed by atoms with Crippen LogP contribution in [-0.2, 0) is 11.3 Å². The van der Waals surface area contributed by atoms with E-state index in [4.69, 9.17) is 4.74 Å². The number of aliphatic hydroxyl groups excluding tert-OH is 1. The van der Waals surface area contributed by atoms with Crippen LogP contribution in [0.3, 0.4) is 0 Å². The lowest BCUT2D eigenvalue weighted by Gasteiger charge is -2.19. The van der Waals surface area contributed by atoms with Gasteiger partial charge in [0.05, 0.1) is 17.8 Å². The Morgan fingerprint density at radius 2 is 2.06 bits per heavy atom. The van der Waals surface area contributed by atoms with Crippen LogP contribution in [0.1, 0.15) is 26.5 Å². The van der Waals surface area contributed by atoms with E-state index in [1.54, 1.807) is 26.8 Å². The minimum absolute atomic E-state index is 0.212. The summed E-state index contributed by atoms with van der Waals surface area (Å²) in [6, 6.07) is 7.23. The SMILES string of the molecule is CC(C)(C)OC(=O)n1nc(CO)c2ccccc21. The van der Waals surface area contributed by atoms with Crippen LogP contribution in [0.2, 0.25) is 0 Å². The van der Waals surface area contributed by atoms with E-state index in [9.17, 15) is 9.90 Å². The molecule has 2 rings (SSSR count). The number of carbonyl (C=O) groups excluding carboxylic acids is 1. The highest BCUT2D eigenvalue weighted by molar-refractivity contribution is 5.89. The second-order valence-corrected chi connectivity index (χ2v) is 5.01. The van der Waals surface area contributed by atoms with E-state index in [1.165, 1.54) is 4.68 Å². The van der Waals surface area contributed by atoms with Crippen LogP contribution >= 0.6 is 0 Å². The number of hydrogen-bond donors (Lipinski definition) is 1. The van der Waals surface area contributed by atoms with Gasteiger partial charge in [0.1, 0.15) is 5.60 Å². The van der Waals surface area contributed by atoms with E-state index in [0.29, 0.717) is 11.2 Å². The fourth-order valence-corrected chi connectivity index (χ4v) is 1.69. The smallest absolute Gasteiger partial charge is 0.435 e. The third-order valence-electron chi connectivity index (χ3n) is 2.38. The molecule has 96 valence electrons. The second-order valence-electron chi connectivity index (χ2n) is 5.01. The molecule has 0 saturated carbocycles. The molecule has 0 aliphatic rings. The van der Waals surface area contributed by atoms with E-state index < -0.39 is 11.7 Å². The van der Waals surface area contributed by atoms with Crippen molar-refractivity contribution in [1.29, 1.82) is 0 Å². The number of ether oxygens (including phenoxy) is 1. The maximum Gasteiger partial charge on any atom is 0.435 e. The van der Waals surface area contributed by atoms with Gasteiger partial charge in [-0.05, 0) is 26.8 Å². The third kappa shape index (κ3) is 2.36. The second kappa shape index (κ2) is 4.42. The number of hydrogen-bond acceptors (Lipinski definition) is 4. The fourth-order valence-electron chi connectivity index (χ4n) is 1.69. The number of aliphatic hydroxyl groups is 1. The molecule has 2 aromatic rings. The molecule has 0 fully saturated rings. The highest BCUT2D eigenvalue weighted by Gasteiger charge is 2.21.